The molecule has 0 unspecified atom stereocenters. The van der Waals surface area contributed by atoms with Gasteiger partial charge in [-0.2, -0.15) is 5.26 Å². The fourth-order valence-electron chi connectivity index (χ4n) is 1.39. The molecule has 0 bridgehead atoms. The van der Waals surface area contributed by atoms with Crippen LogP contribution in [0.4, 0.5) is 5.69 Å². The van der Waals surface area contributed by atoms with E-state index in [-0.39, 0.29) is 24.1 Å². The van der Waals surface area contributed by atoms with Gasteiger partial charge in [-0.3, -0.25) is 9.59 Å². The van der Waals surface area contributed by atoms with Gasteiger partial charge >= 0.3 is 11.9 Å². The summed E-state index contributed by atoms with van der Waals surface area (Å²) in [5.74, 6) is -2.81. The molecule has 1 aromatic carbocycles. The summed E-state index contributed by atoms with van der Waals surface area (Å²) in [4.78, 5) is 32.6. The Bertz CT molecular complexity index is 643. The molecule has 8 nitrogen and oxygen atoms in total. The third-order valence-corrected chi connectivity index (χ3v) is 2.50. The van der Waals surface area contributed by atoms with E-state index in [9.17, 15) is 14.4 Å². The van der Waals surface area contributed by atoms with E-state index in [0.29, 0.717) is 5.69 Å². The maximum Gasteiger partial charge on any atom is 0.335 e. The summed E-state index contributed by atoms with van der Waals surface area (Å²) < 4.78 is 0. The molecule has 0 aromatic heterocycles. The molecule has 0 aliphatic rings. The number of rotatable bonds is 7. The van der Waals surface area contributed by atoms with E-state index in [1.54, 1.807) is 6.07 Å². The summed E-state index contributed by atoms with van der Waals surface area (Å²) >= 11 is 0. The number of carboxylic acid groups (broad SMARTS) is 2. The van der Waals surface area contributed by atoms with Crippen molar-refractivity contribution in [1.29, 1.82) is 5.26 Å². The molecule has 4 N–H and O–H groups in total. The fraction of sp³-hybridized carbons (Fsp3) is 0.143. The van der Waals surface area contributed by atoms with Crippen LogP contribution < -0.4 is 10.6 Å². The first kappa shape index (κ1) is 16.7. The first-order chi connectivity index (χ1) is 10.4. The third kappa shape index (κ3) is 5.34. The molecule has 0 atom stereocenters. The van der Waals surface area contributed by atoms with Crippen LogP contribution in [0.3, 0.4) is 0 Å². The molecule has 8 heteroatoms. The molecule has 0 heterocycles. The molecule has 0 radical (unpaired) electrons. The van der Waals surface area contributed by atoms with Crippen LogP contribution in [0.2, 0.25) is 0 Å². The van der Waals surface area contributed by atoms with Crippen molar-refractivity contribution in [1.82, 2.24) is 5.32 Å². The summed E-state index contributed by atoms with van der Waals surface area (Å²) in [5, 5.41) is 31.1. The number of benzene rings is 1. The molecular formula is C14H13N3O5. The largest absolute Gasteiger partial charge is 0.481 e. The Morgan fingerprint density at radius 2 is 1.82 bits per heavy atom. The highest BCUT2D eigenvalue weighted by Gasteiger charge is 2.09. The predicted molar refractivity (Wildman–Crippen MR) is 76.0 cm³/mol. The third-order valence-electron chi connectivity index (χ3n) is 2.50. The molecule has 0 saturated carbocycles. The molecule has 1 amide bonds. The second-order valence-electron chi connectivity index (χ2n) is 4.10. The number of amides is 1. The molecular weight excluding hydrogens is 290 g/mol. The van der Waals surface area contributed by atoms with E-state index in [1.165, 1.54) is 24.3 Å². The van der Waals surface area contributed by atoms with Crippen LogP contribution in [0.25, 0.3) is 0 Å². The van der Waals surface area contributed by atoms with Crippen molar-refractivity contribution in [3.63, 3.8) is 0 Å². The van der Waals surface area contributed by atoms with Gasteiger partial charge in [0.1, 0.15) is 11.6 Å². The standard InChI is InChI=1S/C14H13N3O5/c15-7-10(13(20)16-6-5-12(18)19)8-17-11-3-1-9(2-4-11)14(21)22/h1-4,8,17H,5-6H2,(H,16,20)(H,18,19)(H,21,22)/b10-8-. The van der Waals surface area contributed by atoms with Crippen LogP contribution in [0.15, 0.2) is 36.0 Å². The monoisotopic (exact) mass is 303 g/mol. The number of carboxylic acids is 2. The van der Waals surface area contributed by atoms with Gasteiger partial charge in [-0.1, -0.05) is 0 Å². The van der Waals surface area contributed by atoms with Gasteiger partial charge in [0.2, 0.25) is 0 Å². The maximum absolute atomic E-state index is 11.6. The van der Waals surface area contributed by atoms with Crippen molar-refractivity contribution in [3.05, 3.63) is 41.6 Å². The normalized spacial score (nSPS) is 10.4. The number of hydrogen-bond acceptors (Lipinski definition) is 5. The van der Waals surface area contributed by atoms with E-state index >= 15 is 0 Å². The molecule has 0 aliphatic heterocycles. The second-order valence-corrected chi connectivity index (χ2v) is 4.10. The Morgan fingerprint density at radius 1 is 1.18 bits per heavy atom. The van der Waals surface area contributed by atoms with Gasteiger partial charge in [0.25, 0.3) is 5.91 Å². The van der Waals surface area contributed by atoms with Crippen molar-refractivity contribution in [2.75, 3.05) is 11.9 Å². The number of anilines is 1. The first-order valence-corrected chi connectivity index (χ1v) is 6.14. The molecule has 22 heavy (non-hydrogen) atoms. The van der Waals surface area contributed by atoms with Crippen LogP contribution in [-0.2, 0) is 9.59 Å². The molecule has 114 valence electrons. The van der Waals surface area contributed by atoms with E-state index in [2.05, 4.69) is 10.6 Å². The average Bonchev–Trinajstić information content (AvgIpc) is 2.48. The molecule has 1 rings (SSSR count). The Morgan fingerprint density at radius 3 is 2.32 bits per heavy atom. The molecule has 0 aliphatic carbocycles. The van der Waals surface area contributed by atoms with E-state index in [4.69, 9.17) is 15.5 Å². The van der Waals surface area contributed by atoms with Crippen molar-refractivity contribution < 1.29 is 24.6 Å². The minimum Gasteiger partial charge on any atom is -0.481 e. The van der Waals surface area contributed by atoms with Gasteiger partial charge in [0, 0.05) is 18.4 Å². The van der Waals surface area contributed by atoms with Gasteiger partial charge < -0.3 is 20.8 Å². The lowest BCUT2D eigenvalue weighted by Gasteiger charge is -2.04. The number of aliphatic carboxylic acids is 1. The van der Waals surface area contributed by atoms with Crippen LogP contribution in [-0.4, -0.2) is 34.6 Å². The van der Waals surface area contributed by atoms with Crippen LogP contribution >= 0.6 is 0 Å². The highest BCUT2D eigenvalue weighted by molar-refractivity contribution is 5.97. The van der Waals surface area contributed by atoms with E-state index in [1.807, 2.05) is 0 Å². The summed E-state index contributed by atoms with van der Waals surface area (Å²) in [5.41, 5.74) is 0.380. The van der Waals surface area contributed by atoms with Gasteiger partial charge in [-0.25, -0.2) is 4.79 Å². The number of hydrogen-bond donors (Lipinski definition) is 4. The average molecular weight is 303 g/mol. The van der Waals surface area contributed by atoms with Crippen LogP contribution in [0.5, 0.6) is 0 Å². The quantitative estimate of drug-likeness (QED) is 0.431. The van der Waals surface area contributed by atoms with Gasteiger partial charge in [-0.05, 0) is 24.3 Å². The zero-order valence-corrected chi connectivity index (χ0v) is 11.4. The van der Waals surface area contributed by atoms with E-state index in [0.717, 1.165) is 6.20 Å². The number of aromatic carboxylic acids is 1. The summed E-state index contributed by atoms with van der Waals surface area (Å²) in [6, 6.07) is 7.40. The topological polar surface area (TPSA) is 140 Å². The number of carbonyl (C=O) groups excluding carboxylic acids is 1. The zero-order valence-electron chi connectivity index (χ0n) is 11.4. The zero-order chi connectivity index (χ0) is 16.5. The van der Waals surface area contributed by atoms with Crippen molar-refractivity contribution in [2.45, 2.75) is 6.42 Å². The summed E-state index contributed by atoms with van der Waals surface area (Å²) in [6.07, 6.45) is 0.917. The number of carbonyl (C=O) groups is 3. The predicted octanol–water partition coefficient (Wildman–Crippen LogP) is 0.795. The Balaban J connectivity index is 2.64. The lowest BCUT2D eigenvalue weighted by atomic mass is 10.2. The van der Waals surface area contributed by atoms with Crippen molar-refractivity contribution in [2.24, 2.45) is 0 Å². The number of nitrogens with one attached hydrogen (secondary N) is 2. The Kier molecular flexibility index (Phi) is 6.12. The fourth-order valence-corrected chi connectivity index (χ4v) is 1.39. The van der Waals surface area contributed by atoms with Gasteiger partial charge in [-0.15, -0.1) is 0 Å². The second kappa shape index (κ2) is 8.06. The lowest BCUT2D eigenvalue weighted by Crippen LogP contribution is -2.27. The molecule has 0 saturated heterocycles. The molecule has 0 spiro atoms. The lowest BCUT2D eigenvalue weighted by molar-refractivity contribution is -0.136. The summed E-state index contributed by atoms with van der Waals surface area (Å²) in [6.45, 7) is -0.0828. The Labute approximate surface area is 125 Å². The minimum absolute atomic E-state index is 0.0828. The number of nitrogens with zero attached hydrogens (tertiary/aromatic N) is 1. The first-order valence-electron chi connectivity index (χ1n) is 6.14. The Hall–Kier alpha value is -3.34. The van der Waals surface area contributed by atoms with Crippen LogP contribution in [0.1, 0.15) is 16.8 Å². The maximum atomic E-state index is 11.6. The molecule has 1 aromatic rings. The van der Waals surface area contributed by atoms with Gasteiger partial charge in [0.05, 0.1) is 12.0 Å². The minimum atomic E-state index is -1.06. The van der Waals surface area contributed by atoms with Crippen LogP contribution in [0, 0.1) is 11.3 Å². The SMILES string of the molecule is N#C/C(=C/Nc1ccc(C(=O)O)cc1)C(=O)NCCC(=O)O. The van der Waals surface area contributed by atoms with E-state index < -0.39 is 17.8 Å². The van der Waals surface area contributed by atoms with Gasteiger partial charge in [0.15, 0.2) is 0 Å². The number of nitriles is 1. The van der Waals surface area contributed by atoms with Crippen molar-refractivity contribution >= 4 is 23.5 Å². The highest BCUT2D eigenvalue weighted by atomic mass is 16.4. The van der Waals surface area contributed by atoms with Crippen molar-refractivity contribution in [3.8, 4) is 6.07 Å². The smallest absolute Gasteiger partial charge is 0.335 e. The summed E-state index contributed by atoms with van der Waals surface area (Å²) in [7, 11) is 0. The molecule has 0 fully saturated rings. The highest BCUT2D eigenvalue weighted by Crippen LogP contribution is 2.10.